The lowest BCUT2D eigenvalue weighted by molar-refractivity contribution is 0.103. The lowest BCUT2D eigenvalue weighted by Gasteiger charge is -2.38. The summed E-state index contributed by atoms with van der Waals surface area (Å²) < 4.78 is 0.969. The molecule has 0 aliphatic carbocycles. The van der Waals surface area contributed by atoms with Crippen molar-refractivity contribution in [3.63, 3.8) is 0 Å². The van der Waals surface area contributed by atoms with E-state index < -0.39 is 8.07 Å². The van der Waals surface area contributed by atoms with Crippen LogP contribution in [0.2, 0.25) is 16.6 Å². The molecule has 0 N–H and O–H groups in total. The van der Waals surface area contributed by atoms with E-state index in [0.29, 0.717) is 27.8 Å². The fourth-order valence-electron chi connectivity index (χ4n) is 4.12. The van der Waals surface area contributed by atoms with E-state index in [1.807, 2.05) is 48.5 Å². The van der Waals surface area contributed by atoms with E-state index in [1.165, 1.54) is 0 Å². The molecule has 0 spiro atoms. The summed E-state index contributed by atoms with van der Waals surface area (Å²) in [6, 6.07) is 15.2. The van der Waals surface area contributed by atoms with Crippen LogP contribution in [-0.2, 0) is 0 Å². The van der Waals surface area contributed by atoms with Crippen molar-refractivity contribution in [2.24, 2.45) is 0 Å². The molecule has 3 heteroatoms. The van der Waals surface area contributed by atoms with Gasteiger partial charge in [-0.2, -0.15) is 0 Å². The molecular weight excluding hydrogens is 412 g/mol. The van der Waals surface area contributed by atoms with E-state index in [2.05, 4.69) is 68.9 Å². The van der Waals surface area contributed by atoms with Crippen molar-refractivity contribution in [2.75, 3.05) is 0 Å². The Bertz CT molecular complexity index is 832. The third-order valence-corrected chi connectivity index (χ3v) is 12.3. The number of ketones is 1. The number of benzene rings is 2. The zero-order valence-corrected chi connectivity index (χ0v) is 19.7. The fourth-order valence-corrected chi connectivity index (χ4v) is 9.61. The van der Waals surface area contributed by atoms with E-state index in [-0.39, 0.29) is 5.78 Å². The number of halogens is 1. The van der Waals surface area contributed by atoms with Gasteiger partial charge in [-0.1, -0.05) is 75.5 Å². The molecule has 0 bridgehead atoms. The SMILES string of the molecule is CC(C)[Si](C#Cc1cccc(C(=O)c2ccc(Br)cc2)c1)(C(C)C)C(C)C. The summed E-state index contributed by atoms with van der Waals surface area (Å²) in [6.07, 6.45) is 0. The second-order valence-electron chi connectivity index (χ2n) is 8.06. The van der Waals surface area contributed by atoms with Gasteiger partial charge in [0.15, 0.2) is 5.78 Å². The molecule has 0 radical (unpaired) electrons. The van der Waals surface area contributed by atoms with Crippen LogP contribution in [0.15, 0.2) is 53.0 Å². The molecule has 2 aromatic carbocycles. The van der Waals surface area contributed by atoms with Gasteiger partial charge in [0, 0.05) is 21.2 Å². The predicted molar refractivity (Wildman–Crippen MR) is 122 cm³/mol. The highest BCUT2D eigenvalue weighted by Gasteiger charge is 2.41. The average Bonchev–Trinajstić information content (AvgIpc) is 2.61. The Kier molecular flexibility index (Phi) is 7.25. The Morgan fingerprint density at radius 1 is 0.852 bits per heavy atom. The molecule has 0 fully saturated rings. The van der Waals surface area contributed by atoms with Crippen LogP contribution in [0.3, 0.4) is 0 Å². The lowest BCUT2D eigenvalue weighted by atomic mass is 10.0. The smallest absolute Gasteiger partial charge is 0.193 e. The first kappa shape index (κ1) is 21.7. The Morgan fingerprint density at radius 3 is 1.93 bits per heavy atom. The quantitative estimate of drug-likeness (QED) is 0.271. The number of rotatable bonds is 5. The van der Waals surface area contributed by atoms with E-state index in [9.17, 15) is 4.79 Å². The second kappa shape index (κ2) is 9.04. The first-order chi connectivity index (χ1) is 12.7. The van der Waals surface area contributed by atoms with Crippen molar-refractivity contribution in [1.29, 1.82) is 0 Å². The van der Waals surface area contributed by atoms with Crippen LogP contribution in [0.1, 0.15) is 63.0 Å². The van der Waals surface area contributed by atoms with Crippen molar-refractivity contribution in [1.82, 2.24) is 0 Å². The lowest BCUT2D eigenvalue weighted by Crippen LogP contribution is -2.43. The summed E-state index contributed by atoms with van der Waals surface area (Å²) >= 11 is 3.41. The third kappa shape index (κ3) is 4.81. The Balaban J connectivity index is 2.40. The molecular formula is C24H29BrOSi. The maximum absolute atomic E-state index is 12.8. The van der Waals surface area contributed by atoms with Gasteiger partial charge in [0.05, 0.1) is 0 Å². The monoisotopic (exact) mass is 440 g/mol. The first-order valence-electron chi connectivity index (χ1n) is 9.62. The number of hydrogen-bond donors (Lipinski definition) is 0. The fraction of sp³-hybridized carbons (Fsp3) is 0.375. The van der Waals surface area contributed by atoms with Gasteiger partial charge in [-0.3, -0.25) is 4.79 Å². The van der Waals surface area contributed by atoms with Crippen molar-refractivity contribution >= 4 is 29.8 Å². The number of hydrogen-bond acceptors (Lipinski definition) is 1. The normalized spacial score (nSPS) is 11.6. The van der Waals surface area contributed by atoms with E-state index in [1.54, 1.807) is 0 Å². The molecule has 27 heavy (non-hydrogen) atoms. The predicted octanol–water partition coefficient (Wildman–Crippen LogP) is 7.25. The molecule has 0 atom stereocenters. The minimum atomic E-state index is -1.78. The molecule has 0 aliphatic rings. The Labute approximate surface area is 173 Å². The molecule has 142 valence electrons. The Morgan fingerprint density at radius 2 is 1.41 bits per heavy atom. The molecule has 1 nitrogen and oxygen atoms in total. The zero-order valence-electron chi connectivity index (χ0n) is 17.1. The average molecular weight is 441 g/mol. The molecule has 2 aromatic rings. The first-order valence-corrected chi connectivity index (χ1v) is 12.6. The van der Waals surface area contributed by atoms with Crippen LogP contribution in [0.25, 0.3) is 0 Å². The van der Waals surface area contributed by atoms with Gasteiger partial charge < -0.3 is 0 Å². The Hall–Kier alpha value is -1.63. The van der Waals surface area contributed by atoms with E-state index in [4.69, 9.17) is 0 Å². The maximum atomic E-state index is 12.8. The molecule has 0 saturated carbocycles. The highest BCUT2D eigenvalue weighted by atomic mass is 79.9. The van der Waals surface area contributed by atoms with Crippen LogP contribution in [0.5, 0.6) is 0 Å². The third-order valence-electron chi connectivity index (χ3n) is 5.52. The molecule has 0 heterocycles. The van der Waals surface area contributed by atoms with Gasteiger partial charge in [-0.05, 0) is 53.0 Å². The molecule has 0 amide bonds. The van der Waals surface area contributed by atoms with Gasteiger partial charge >= 0.3 is 0 Å². The zero-order chi connectivity index (χ0) is 20.2. The summed E-state index contributed by atoms with van der Waals surface area (Å²) in [6.45, 7) is 13.9. The van der Waals surface area contributed by atoms with Crippen LogP contribution in [0.4, 0.5) is 0 Å². The highest BCUT2D eigenvalue weighted by molar-refractivity contribution is 9.10. The molecule has 0 aromatic heterocycles. The summed E-state index contributed by atoms with van der Waals surface area (Å²) in [5.74, 6) is 3.47. The molecule has 0 unspecified atom stereocenters. The molecule has 2 rings (SSSR count). The van der Waals surface area contributed by atoms with Crippen molar-refractivity contribution in [2.45, 2.75) is 58.2 Å². The number of carbonyl (C=O) groups is 1. The van der Waals surface area contributed by atoms with Crippen LogP contribution in [0, 0.1) is 11.5 Å². The van der Waals surface area contributed by atoms with Crippen LogP contribution in [-0.4, -0.2) is 13.9 Å². The summed E-state index contributed by atoms with van der Waals surface area (Å²) in [4.78, 5) is 12.8. The van der Waals surface area contributed by atoms with Gasteiger partial charge in [0.1, 0.15) is 8.07 Å². The van der Waals surface area contributed by atoms with Crippen LogP contribution < -0.4 is 0 Å². The summed E-state index contributed by atoms with van der Waals surface area (Å²) in [5, 5.41) is 0. The minimum Gasteiger partial charge on any atom is -0.289 e. The van der Waals surface area contributed by atoms with E-state index in [0.717, 1.165) is 10.0 Å². The van der Waals surface area contributed by atoms with Gasteiger partial charge in [0.25, 0.3) is 0 Å². The number of carbonyl (C=O) groups excluding carboxylic acids is 1. The van der Waals surface area contributed by atoms with Crippen molar-refractivity contribution < 1.29 is 4.79 Å². The second-order valence-corrected chi connectivity index (χ2v) is 14.6. The van der Waals surface area contributed by atoms with Gasteiger partial charge in [-0.25, -0.2) is 0 Å². The standard InChI is InChI=1S/C24H29BrOSi/c1-17(2)27(18(3)4,19(5)6)15-14-20-8-7-9-22(16-20)24(26)21-10-12-23(25)13-11-21/h7-13,16-19H,1-6H3. The molecule has 0 aliphatic heterocycles. The van der Waals surface area contributed by atoms with Gasteiger partial charge in [0.2, 0.25) is 0 Å². The molecule has 0 saturated heterocycles. The van der Waals surface area contributed by atoms with Crippen molar-refractivity contribution in [3.8, 4) is 11.5 Å². The largest absolute Gasteiger partial charge is 0.289 e. The van der Waals surface area contributed by atoms with Gasteiger partial charge in [-0.15, -0.1) is 5.54 Å². The van der Waals surface area contributed by atoms with Crippen molar-refractivity contribution in [3.05, 3.63) is 69.7 Å². The summed E-state index contributed by atoms with van der Waals surface area (Å²) in [7, 11) is -1.78. The summed E-state index contributed by atoms with van der Waals surface area (Å²) in [5.41, 5.74) is 7.83. The van der Waals surface area contributed by atoms with E-state index >= 15 is 0 Å². The van der Waals surface area contributed by atoms with Crippen LogP contribution >= 0.6 is 15.9 Å². The minimum absolute atomic E-state index is 0.0336. The maximum Gasteiger partial charge on any atom is 0.193 e. The topological polar surface area (TPSA) is 17.1 Å². The highest BCUT2D eigenvalue weighted by Crippen LogP contribution is 2.40.